The summed E-state index contributed by atoms with van der Waals surface area (Å²) in [4.78, 5) is 0. The predicted molar refractivity (Wildman–Crippen MR) is 62.1 cm³/mol. The summed E-state index contributed by atoms with van der Waals surface area (Å²) in [6.45, 7) is 5.92. The Morgan fingerprint density at radius 1 is 1.43 bits per heavy atom. The van der Waals surface area contributed by atoms with Gasteiger partial charge in [-0.3, -0.25) is 4.21 Å². The Kier molecular flexibility index (Phi) is 9.67. The summed E-state index contributed by atoms with van der Waals surface area (Å²) in [7, 11) is 1.01. The molecule has 0 aliphatic rings. The van der Waals surface area contributed by atoms with Crippen molar-refractivity contribution in [2.45, 2.75) is 32.7 Å². The van der Waals surface area contributed by atoms with Crippen LogP contribution in [0.4, 0.5) is 0 Å². The Balaban J connectivity index is 3.34. The van der Waals surface area contributed by atoms with Gasteiger partial charge in [-0.05, 0) is 26.3 Å². The van der Waals surface area contributed by atoms with Gasteiger partial charge in [-0.15, -0.1) is 0 Å². The molecule has 0 bridgehead atoms. The van der Waals surface area contributed by atoms with Crippen LogP contribution < -0.4 is 5.32 Å². The number of nitrogens with one attached hydrogen (secondary N) is 1. The van der Waals surface area contributed by atoms with Crippen LogP contribution in [0.2, 0.25) is 0 Å². The third-order valence-electron chi connectivity index (χ3n) is 2.05. The summed E-state index contributed by atoms with van der Waals surface area (Å²) < 4.78 is 16.4. The van der Waals surface area contributed by atoms with E-state index in [4.69, 9.17) is 4.74 Å². The minimum absolute atomic E-state index is 0.478. The van der Waals surface area contributed by atoms with Crippen LogP contribution in [-0.4, -0.2) is 42.0 Å². The largest absolute Gasteiger partial charge is 0.385 e. The molecule has 0 amide bonds. The smallest absolute Gasteiger partial charge is 0.0471 e. The van der Waals surface area contributed by atoms with E-state index in [9.17, 15) is 4.21 Å². The zero-order valence-electron chi connectivity index (χ0n) is 9.54. The fourth-order valence-corrected chi connectivity index (χ4v) is 2.49. The van der Waals surface area contributed by atoms with Crippen molar-refractivity contribution < 1.29 is 8.95 Å². The lowest BCUT2D eigenvalue weighted by Gasteiger charge is -2.11. The molecular weight excluding hydrogens is 198 g/mol. The average Bonchev–Trinajstić information content (AvgIpc) is 2.16. The molecular formula is C10H23NO2S. The highest BCUT2D eigenvalue weighted by atomic mass is 32.2. The van der Waals surface area contributed by atoms with E-state index in [1.165, 1.54) is 0 Å². The van der Waals surface area contributed by atoms with Gasteiger partial charge in [-0.1, -0.05) is 6.92 Å². The summed E-state index contributed by atoms with van der Waals surface area (Å²) in [5.74, 6) is 1.57. The Labute approximate surface area is 90.1 Å². The van der Waals surface area contributed by atoms with E-state index in [2.05, 4.69) is 19.2 Å². The highest BCUT2D eigenvalue weighted by molar-refractivity contribution is 7.84. The summed E-state index contributed by atoms with van der Waals surface area (Å²) in [6.07, 6.45) is 1.89. The first-order valence-corrected chi connectivity index (χ1v) is 6.76. The molecule has 0 aliphatic heterocycles. The molecule has 0 saturated carbocycles. The number of hydrogen-bond acceptors (Lipinski definition) is 3. The maximum absolute atomic E-state index is 11.5. The topological polar surface area (TPSA) is 38.3 Å². The summed E-state index contributed by atoms with van der Waals surface area (Å²) >= 11 is 0. The monoisotopic (exact) mass is 221 g/mol. The fourth-order valence-electron chi connectivity index (χ4n) is 1.23. The third-order valence-corrected chi connectivity index (χ3v) is 3.49. The lowest BCUT2D eigenvalue weighted by molar-refractivity contribution is 0.200. The molecule has 2 atom stereocenters. The van der Waals surface area contributed by atoms with Crippen molar-refractivity contribution in [1.29, 1.82) is 0 Å². The molecule has 0 heterocycles. The average molecular weight is 221 g/mol. The number of ether oxygens (including phenoxy) is 1. The van der Waals surface area contributed by atoms with Crippen LogP contribution in [0.15, 0.2) is 0 Å². The van der Waals surface area contributed by atoms with Gasteiger partial charge in [0.2, 0.25) is 0 Å². The van der Waals surface area contributed by atoms with Crippen molar-refractivity contribution in [3.05, 3.63) is 0 Å². The molecule has 0 spiro atoms. The van der Waals surface area contributed by atoms with Gasteiger partial charge in [0.05, 0.1) is 0 Å². The number of rotatable bonds is 9. The normalized spacial score (nSPS) is 15.4. The van der Waals surface area contributed by atoms with Crippen LogP contribution in [0.5, 0.6) is 0 Å². The van der Waals surface area contributed by atoms with Crippen molar-refractivity contribution in [1.82, 2.24) is 5.32 Å². The second-order valence-corrected chi connectivity index (χ2v) is 5.14. The molecule has 0 aromatic rings. The Bertz CT molecular complexity index is 153. The third kappa shape index (κ3) is 8.66. The first-order chi connectivity index (χ1) is 6.70. The molecule has 0 rings (SSSR count). The molecule has 0 saturated heterocycles. The van der Waals surface area contributed by atoms with Gasteiger partial charge >= 0.3 is 0 Å². The predicted octanol–water partition coefficient (Wildman–Crippen LogP) is 1.16. The van der Waals surface area contributed by atoms with E-state index in [0.717, 1.165) is 30.9 Å². The molecule has 2 unspecified atom stereocenters. The number of methoxy groups -OCH3 is 1. The second-order valence-electron chi connectivity index (χ2n) is 3.44. The van der Waals surface area contributed by atoms with Crippen LogP contribution in [0.25, 0.3) is 0 Å². The minimum Gasteiger partial charge on any atom is -0.385 e. The highest BCUT2D eigenvalue weighted by Crippen LogP contribution is 1.96. The Morgan fingerprint density at radius 3 is 2.71 bits per heavy atom. The van der Waals surface area contributed by atoms with Crippen LogP contribution in [-0.2, 0) is 15.5 Å². The maximum Gasteiger partial charge on any atom is 0.0471 e. The lowest BCUT2D eigenvalue weighted by Crippen LogP contribution is -2.27. The highest BCUT2D eigenvalue weighted by Gasteiger charge is 2.03. The number of hydrogen-bond donors (Lipinski definition) is 1. The molecule has 4 heteroatoms. The molecule has 0 aliphatic carbocycles. The van der Waals surface area contributed by atoms with Crippen LogP contribution in [0.3, 0.4) is 0 Å². The first-order valence-electron chi connectivity index (χ1n) is 5.28. The first kappa shape index (κ1) is 14.1. The van der Waals surface area contributed by atoms with E-state index in [1.807, 2.05) is 0 Å². The van der Waals surface area contributed by atoms with Crippen LogP contribution in [0.1, 0.15) is 26.7 Å². The molecule has 3 nitrogen and oxygen atoms in total. The molecule has 0 fully saturated rings. The van der Waals surface area contributed by atoms with Crippen LogP contribution >= 0.6 is 0 Å². The van der Waals surface area contributed by atoms with E-state index >= 15 is 0 Å². The zero-order chi connectivity index (χ0) is 10.8. The van der Waals surface area contributed by atoms with Gasteiger partial charge in [0.15, 0.2) is 0 Å². The lowest BCUT2D eigenvalue weighted by atomic mass is 10.3. The van der Waals surface area contributed by atoms with Crippen molar-refractivity contribution >= 4 is 10.8 Å². The molecule has 0 aromatic heterocycles. The molecule has 0 aromatic carbocycles. The Hall–Kier alpha value is 0.0700. The summed E-state index contributed by atoms with van der Waals surface area (Å²) in [6, 6.07) is 0.478. The van der Waals surface area contributed by atoms with E-state index in [0.29, 0.717) is 12.6 Å². The van der Waals surface area contributed by atoms with Crippen molar-refractivity contribution in [3.8, 4) is 0 Å². The standard InChI is InChI=1S/C10H23NO2S/c1-4-11-10(2)6-9-14(12)8-5-7-13-3/h10-11H,4-9H2,1-3H3. The van der Waals surface area contributed by atoms with Gasteiger partial charge in [-0.25, -0.2) is 0 Å². The van der Waals surface area contributed by atoms with Gasteiger partial charge in [0.1, 0.15) is 0 Å². The van der Waals surface area contributed by atoms with Crippen molar-refractivity contribution in [3.63, 3.8) is 0 Å². The van der Waals surface area contributed by atoms with Crippen LogP contribution in [0, 0.1) is 0 Å². The summed E-state index contributed by atoms with van der Waals surface area (Å²) in [5.41, 5.74) is 0. The minimum atomic E-state index is -0.666. The van der Waals surface area contributed by atoms with E-state index in [-0.39, 0.29) is 0 Å². The SMILES string of the molecule is CCNC(C)CCS(=O)CCCOC. The molecule has 0 radical (unpaired) electrons. The van der Waals surface area contributed by atoms with Gasteiger partial charge < -0.3 is 10.1 Å². The molecule has 1 N–H and O–H groups in total. The van der Waals surface area contributed by atoms with Gasteiger partial charge in [0.25, 0.3) is 0 Å². The fraction of sp³-hybridized carbons (Fsp3) is 1.00. The molecule has 14 heavy (non-hydrogen) atoms. The van der Waals surface area contributed by atoms with E-state index < -0.39 is 10.8 Å². The molecule has 86 valence electrons. The van der Waals surface area contributed by atoms with Gasteiger partial charge in [-0.2, -0.15) is 0 Å². The quantitative estimate of drug-likeness (QED) is 0.594. The van der Waals surface area contributed by atoms with E-state index in [1.54, 1.807) is 7.11 Å². The van der Waals surface area contributed by atoms with Crippen molar-refractivity contribution in [2.24, 2.45) is 0 Å². The second kappa shape index (κ2) is 9.62. The Morgan fingerprint density at radius 2 is 2.14 bits per heavy atom. The van der Waals surface area contributed by atoms with Crippen molar-refractivity contribution in [2.75, 3.05) is 31.8 Å². The summed E-state index contributed by atoms with van der Waals surface area (Å²) in [5, 5.41) is 3.31. The maximum atomic E-state index is 11.5. The zero-order valence-corrected chi connectivity index (χ0v) is 10.4. The van der Waals surface area contributed by atoms with Gasteiger partial charge in [0, 0.05) is 42.1 Å².